The van der Waals surface area contributed by atoms with Gasteiger partial charge in [-0.1, -0.05) is 11.6 Å². The molecule has 0 spiro atoms. The number of aromatic nitrogens is 2. The summed E-state index contributed by atoms with van der Waals surface area (Å²) in [5.41, 5.74) is 1.24. The molecular weight excluding hydrogens is 524 g/mol. The standard InChI is InChI=1S/C24H29ClN4O5S2/c1-14-23(28-22-9-8-20(12-21(22)25)35(30,31)18-4-5-18)26-13-27-24(14)34-17-10-15-2-3-16(11-17)29(15)36(32,33)19-6-7-19/h8-9,12-13,15-19H,2-7,10-11H2,1H3,(H,26,27,28). The van der Waals surface area contributed by atoms with Gasteiger partial charge in [0.2, 0.25) is 15.9 Å². The number of hydrogen-bond donors (Lipinski definition) is 1. The van der Waals surface area contributed by atoms with E-state index in [0.29, 0.717) is 48.6 Å². The van der Waals surface area contributed by atoms with Crippen molar-refractivity contribution >= 4 is 43.0 Å². The van der Waals surface area contributed by atoms with Crippen LogP contribution in [0.2, 0.25) is 5.02 Å². The topological polar surface area (TPSA) is 119 Å². The Morgan fingerprint density at radius 1 is 0.972 bits per heavy atom. The van der Waals surface area contributed by atoms with Crippen LogP contribution >= 0.6 is 11.6 Å². The summed E-state index contributed by atoms with van der Waals surface area (Å²) in [5.74, 6) is 0.955. The lowest BCUT2D eigenvalue weighted by molar-refractivity contribution is 0.0910. The lowest BCUT2D eigenvalue weighted by atomic mass is 10.0. The molecule has 194 valence electrons. The van der Waals surface area contributed by atoms with E-state index in [0.717, 1.165) is 25.7 Å². The van der Waals surface area contributed by atoms with Gasteiger partial charge in [0.05, 0.1) is 31.7 Å². The van der Waals surface area contributed by atoms with Crippen LogP contribution in [0.15, 0.2) is 29.4 Å². The fraction of sp³-hybridized carbons (Fsp3) is 0.583. The monoisotopic (exact) mass is 552 g/mol. The first-order valence-corrected chi connectivity index (χ1v) is 15.9. The minimum absolute atomic E-state index is 0.0108. The predicted octanol–water partition coefficient (Wildman–Crippen LogP) is 3.98. The second-order valence-electron chi connectivity index (χ2n) is 10.3. The molecule has 9 nitrogen and oxygen atoms in total. The minimum Gasteiger partial charge on any atom is -0.474 e. The van der Waals surface area contributed by atoms with Crippen LogP contribution in [0.5, 0.6) is 5.88 Å². The van der Waals surface area contributed by atoms with Crippen LogP contribution in [-0.4, -0.2) is 59.8 Å². The van der Waals surface area contributed by atoms with E-state index in [1.165, 1.54) is 12.4 Å². The van der Waals surface area contributed by atoms with E-state index in [9.17, 15) is 16.8 Å². The molecule has 1 N–H and O–H groups in total. The van der Waals surface area contributed by atoms with E-state index in [-0.39, 0.29) is 38.6 Å². The second-order valence-corrected chi connectivity index (χ2v) is 15.1. The van der Waals surface area contributed by atoms with Gasteiger partial charge in [0, 0.05) is 24.9 Å². The lowest BCUT2D eigenvalue weighted by Gasteiger charge is -2.37. The maximum atomic E-state index is 12.9. The van der Waals surface area contributed by atoms with Gasteiger partial charge in [-0.05, 0) is 63.6 Å². The van der Waals surface area contributed by atoms with Crippen molar-refractivity contribution < 1.29 is 21.6 Å². The van der Waals surface area contributed by atoms with Crippen LogP contribution in [0.1, 0.15) is 56.9 Å². The van der Waals surface area contributed by atoms with Gasteiger partial charge in [-0.25, -0.2) is 26.8 Å². The maximum Gasteiger partial charge on any atom is 0.221 e. The van der Waals surface area contributed by atoms with Crippen molar-refractivity contribution in [3.63, 3.8) is 0 Å². The van der Waals surface area contributed by atoms with Gasteiger partial charge < -0.3 is 10.1 Å². The second kappa shape index (κ2) is 8.82. The van der Waals surface area contributed by atoms with E-state index in [2.05, 4.69) is 15.3 Å². The highest BCUT2D eigenvalue weighted by atomic mass is 35.5. The third-order valence-electron chi connectivity index (χ3n) is 7.66. The summed E-state index contributed by atoms with van der Waals surface area (Å²) in [5, 5.41) is 2.97. The Morgan fingerprint density at radius 3 is 2.25 bits per heavy atom. The molecule has 2 atom stereocenters. The van der Waals surface area contributed by atoms with Crippen molar-refractivity contribution in [2.45, 2.75) is 91.9 Å². The lowest BCUT2D eigenvalue weighted by Crippen LogP contribution is -2.50. The third-order valence-corrected chi connectivity index (χ3v) is 12.7. The Bertz CT molecular complexity index is 1400. The summed E-state index contributed by atoms with van der Waals surface area (Å²) in [7, 11) is -6.52. The first-order valence-electron chi connectivity index (χ1n) is 12.5. The molecule has 4 aliphatic rings. The molecule has 12 heteroatoms. The van der Waals surface area contributed by atoms with Crippen molar-refractivity contribution in [3.05, 3.63) is 35.1 Å². The van der Waals surface area contributed by atoms with Crippen LogP contribution < -0.4 is 10.1 Å². The number of hydrogen-bond acceptors (Lipinski definition) is 8. The van der Waals surface area contributed by atoms with Crippen molar-refractivity contribution in [2.24, 2.45) is 0 Å². The molecule has 2 saturated carbocycles. The number of rotatable bonds is 8. The normalized spacial score (nSPS) is 26.7. The quantitative estimate of drug-likeness (QED) is 0.522. The number of halogens is 1. The molecule has 1 aromatic heterocycles. The van der Waals surface area contributed by atoms with E-state index in [1.807, 2.05) is 6.92 Å². The average molecular weight is 553 g/mol. The predicted molar refractivity (Wildman–Crippen MR) is 136 cm³/mol. The van der Waals surface area contributed by atoms with E-state index < -0.39 is 19.9 Å². The van der Waals surface area contributed by atoms with Gasteiger partial charge in [-0.3, -0.25) is 0 Å². The molecule has 2 aromatic rings. The van der Waals surface area contributed by atoms with Crippen molar-refractivity contribution in [3.8, 4) is 5.88 Å². The molecule has 6 rings (SSSR count). The number of nitrogens with one attached hydrogen (secondary N) is 1. The molecule has 1 aromatic carbocycles. The zero-order valence-electron chi connectivity index (χ0n) is 19.9. The molecular formula is C24H29ClN4O5S2. The Kier molecular flexibility index (Phi) is 5.97. The molecule has 4 fully saturated rings. The smallest absolute Gasteiger partial charge is 0.221 e. The van der Waals surface area contributed by atoms with Crippen molar-refractivity contribution in [1.82, 2.24) is 14.3 Å². The Balaban J connectivity index is 1.16. The van der Waals surface area contributed by atoms with Crippen LogP contribution in [-0.2, 0) is 19.9 Å². The van der Waals surface area contributed by atoms with Crippen molar-refractivity contribution in [1.29, 1.82) is 0 Å². The van der Waals surface area contributed by atoms with Gasteiger partial charge in [0.25, 0.3) is 0 Å². The number of fused-ring (bicyclic) bond motifs is 2. The number of sulfone groups is 1. The zero-order chi connectivity index (χ0) is 25.2. The van der Waals surface area contributed by atoms with Crippen LogP contribution in [0.4, 0.5) is 11.5 Å². The summed E-state index contributed by atoms with van der Waals surface area (Å²) in [6, 6.07) is 4.67. The number of benzene rings is 1. The average Bonchev–Trinajstić information content (AvgIpc) is 3.73. The first kappa shape index (κ1) is 24.4. The highest BCUT2D eigenvalue weighted by Gasteiger charge is 2.52. The van der Waals surface area contributed by atoms with Crippen LogP contribution in [0.3, 0.4) is 0 Å². The van der Waals surface area contributed by atoms with Crippen molar-refractivity contribution in [2.75, 3.05) is 5.32 Å². The Morgan fingerprint density at radius 2 is 1.64 bits per heavy atom. The van der Waals surface area contributed by atoms with E-state index in [1.54, 1.807) is 16.4 Å². The molecule has 36 heavy (non-hydrogen) atoms. The van der Waals surface area contributed by atoms with E-state index in [4.69, 9.17) is 16.3 Å². The van der Waals surface area contributed by atoms with Gasteiger partial charge in [-0.2, -0.15) is 4.31 Å². The largest absolute Gasteiger partial charge is 0.474 e. The molecule has 2 unspecified atom stereocenters. The zero-order valence-corrected chi connectivity index (χ0v) is 22.3. The number of anilines is 2. The molecule has 2 bridgehead atoms. The van der Waals surface area contributed by atoms with Crippen LogP contribution in [0, 0.1) is 6.92 Å². The fourth-order valence-electron chi connectivity index (χ4n) is 5.44. The summed E-state index contributed by atoms with van der Waals surface area (Å²) < 4.78 is 58.9. The van der Waals surface area contributed by atoms with Gasteiger partial charge in [0.1, 0.15) is 18.2 Å². The molecule has 2 aliphatic heterocycles. The molecule has 0 amide bonds. The molecule has 0 radical (unpaired) electrons. The van der Waals surface area contributed by atoms with Gasteiger partial charge >= 0.3 is 0 Å². The minimum atomic E-state index is -3.33. The third kappa shape index (κ3) is 4.37. The Hall–Kier alpha value is -1.95. The number of piperidine rings is 1. The molecule has 2 saturated heterocycles. The van der Waals surface area contributed by atoms with Gasteiger partial charge in [-0.15, -0.1) is 0 Å². The molecule has 2 aliphatic carbocycles. The Labute approximate surface area is 216 Å². The SMILES string of the molecule is Cc1c(Nc2ccc(S(=O)(=O)C3CC3)cc2Cl)ncnc1OC1CC2CCC(C1)N2S(=O)(=O)C1CC1. The highest BCUT2D eigenvalue weighted by molar-refractivity contribution is 7.92. The maximum absolute atomic E-state index is 12.9. The van der Waals surface area contributed by atoms with Crippen LogP contribution in [0.25, 0.3) is 0 Å². The number of ether oxygens (including phenoxy) is 1. The van der Waals surface area contributed by atoms with E-state index >= 15 is 0 Å². The fourth-order valence-corrected chi connectivity index (χ4v) is 9.71. The number of nitrogens with zero attached hydrogens (tertiary/aromatic N) is 3. The first-order chi connectivity index (χ1) is 17.1. The summed E-state index contributed by atoms with van der Waals surface area (Å²) in [4.78, 5) is 8.88. The summed E-state index contributed by atoms with van der Waals surface area (Å²) in [6.07, 6.45) is 7.27. The van der Waals surface area contributed by atoms with Gasteiger partial charge in [0.15, 0.2) is 9.84 Å². The molecule has 3 heterocycles. The highest BCUT2D eigenvalue weighted by Crippen LogP contribution is 2.44. The summed E-state index contributed by atoms with van der Waals surface area (Å²) >= 11 is 6.42. The number of sulfonamides is 1. The summed E-state index contributed by atoms with van der Waals surface area (Å²) in [6.45, 7) is 1.85.